The molecule has 4 nitrogen and oxygen atoms in total. The zero-order chi connectivity index (χ0) is 15.1. The number of amides is 1. The van der Waals surface area contributed by atoms with E-state index in [1.54, 1.807) is 7.11 Å². The summed E-state index contributed by atoms with van der Waals surface area (Å²) >= 11 is 0. The Morgan fingerprint density at radius 1 is 1.23 bits per heavy atom. The number of hydrogen-bond donors (Lipinski definition) is 1. The van der Waals surface area contributed by atoms with Crippen LogP contribution in [0.4, 0.5) is 5.69 Å². The Morgan fingerprint density at radius 3 is 2.77 bits per heavy atom. The predicted molar refractivity (Wildman–Crippen MR) is 86.1 cm³/mol. The van der Waals surface area contributed by atoms with Gasteiger partial charge >= 0.3 is 0 Å². The molecule has 1 amide bonds. The molecule has 1 aliphatic heterocycles. The van der Waals surface area contributed by atoms with Gasteiger partial charge in [-0.1, -0.05) is 18.6 Å². The van der Waals surface area contributed by atoms with E-state index in [1.165, 1.54) is 19.3 Å². The Kier molecular flexibility index (Phi) is 3.47. The lowest BCUT2D eigenvalue weighted by Gasteiger charge is -2.21. The second-order valence-corrected chi connectivity index (χ2v) is 6.90. The highest BCUT2D eigenvalue weighted by atomic mass is 16.5. The Bertz CT molecular complexity index is 564. The van der Waals surface area contributed by atoms with Crippen LogP contribution >= 0.6 is 0 Å². The minimum absolute atomic E-state index is 0.277. The van der Waals surface area contributed by atoms with E-state index in [2.05, 4.69) is 16.3 Å². The van der Waals surface area contributed by atoms with Crippen LogP contribution < -0.4 is 15.0 Å². The SMILES string of the molecule is COc1ccccc1N1CCC(NC(=O)C2C3CCCC32)C1. The van der Waals surface area contributed by atoms with Crippen LogP contribution in [-0.2, 0) is 4.79 Å². The summed E-state index contributed by atoms with van der Waals surface area (Å²) in [7, 11) is 1.71. The maximum absolute atomic E-state index is 12.4. The molecule has 1 heterocycles. The third kappa shape index (κ3) is 2.34. The standard InChI is InChI=1S/C18H24N2O2/c1-22-16-8-3-2-7-15(16)20-10-9-12(11-20)19-18(21)17-13-5-4-6-14(13)17/h2-3,7-8,12-14,17H,4-6,9-11H2,1H3,(H,19,21). The van der Waals surface area contributed by atoms with E-state index in [0.717, 1.165) is 30.9 Å². The third-order valence-corrected chi connectivity index (χ3v) is 5.67. The first-order valence-corrected chi connectivity index (χ1v) is 8.46. The number of fused-ring (bicyclic) bond motifs is 1. The molecule has 0 radical (unpaired) electrons. The van der Waals surface area contributed by atoms with Gasteiger partial charge in [0.1, 0.15) is 5.75 Å². The first-order valence-electron chi connectivity index (χ1n) is 8.46. The van der Waals surface area contributed by atoms with E-state index in [9.17, 15) is 4.79 Å². The summed E-state index contributed by atoms with van der Waals surface area (Å²) < 4.78 is 5.44. The predicted octanol–water partition coefficient (Wildman–Crippen LogP) is 2.44. The van der Waals surface area contributed by atoms with E-state index in [-0.39, 0.29) is 6.04 Å². The normalized spacial score (nSPS) is 32.7. The van der Waals surface area contributed by atoms with Gasteiger partial charge < -0.3 is 15.0 Å². The zero-order valence-electron chi connectivity index (χ0n) is 13.1. The second kappa shape index (κ2) is 5.49. The van der Waals surface area contributed by atoms with Crippen LogP contribution in [0.15, 0.2) is 24.3 Å². The van der Waals surface area contributed by atoms with Crippen molar-refractivity contribution in [3.8, 4) is 5.75 Å². The first-order chi connectivity index (χ1) is 10.8. The molecule has 3 fully saturated rings. The minimum Gasteiger partial charge on any atom is -0.495 e. The summed E-state index contributed by atoms with van der Waals surface area (Å²) in [5.74, 6) is 2.94. The van der Waals surface area contributed by atoms with Crippen LogP contribution in [0.5, 0.6) is 5.75 Å². The number of carbonyl (C=O) groups excluding carboxylic acids is 1. The van der Waals surface area contributed by atoms with Crippen molar-refractivity contribution in [2.75, 3.05) is 25.1 Å². The molecule has 118 valence electrons. The van der Waals surface area contributed by atoms with E-state index >= 15 is 0 Å². The van der Waals surface area contributed by atoms with Crippen LogP contribution in [0.1, 0.15) is 25.7 Å². The van der Waals surface area contributed by atoms with Gasteiger partial charge in [-0.3, -0.25) is 4.79 Å². The molecule has 0 bridgehead atoms. The average Bonchev–Trinajstić information content (AvgIpc) is 2.92. The molecule has 2 saturated carbocycles. The quantitative estimate of drug-likeness (QED) is 0.928. The van der Waals surface area contributed by atoms with Gasteiger partial charge in [0.05, 0.1) is 12.8 Å². The number of carbonyl (C=O) groups is 1. The molecule has 0 spiro atoms. The Balaban J connectivity index is 1.35. The van der Waals surface area contributed by atoms with Crippen molar-refractivity contribution in [3.63, 3.8) is 0 Å². The van der Waals surface area contributed by atoms with Crippen molar-refractivity contribution in [3.05, 3.63) is 24.3 Å². The van der Waals surface area contributed by atoms with Crippen LogP contribution in [0, 0.1) is 17.8 Å². The fraction of sp³-hybridized carbons (Fsp3) is 0.611. The van der Waals surface area contributed by atoms with E-state index < -0.39 is 0 Å². The summed E-state index contributed by atoms with van der Waals surface area (Å²) in [5.41, 5.74) is 1.13. The lowest BCUT2D eigenvalue weighted by atomic mass is 10.1. The number of nitrogens with zero attached hydrogens (tertiary/aromatic N) is 1. The van der Waals surface area contributed by atoms with E-state index in [4.69, 9.17) is 4.74 Å². The topological polar surface area (TPSA) is 41.6 Å². The average molecular weight is 300 g/mol. The molecular weight excluding hydrogens is 276 g/mol. The van der Waals surface area contributed by atoms with Crippen molar-refractivity contribution in [2.24, 2.45) is 17.8 Å². The van der Waals surface area contributed by atoms with Crippen molar-refractivity contribution < 1.29 is 9.53 Å². The number of ether oxygens (including phenoxy) is 1. The number of hydrogen-bond acceptors (Lipinski definition) is 3. The van der Waals surface area contributed by atoms with Crippen molar-refractivity contribution in [1.29, 1.82) is 0 Å². The summed E-state index contributed by atoms with van der Waals surface area (Å²) in [6.45, 7) is 1.86. The maximum atomic E-state index is 12.4. The highest BCUT2D eigenvalue weighted by Gasteiger charge is 2.56. The number of benzene rings is 1. The Hall–Kier alpha value is -1.71. The largest absolute Gasteiger partial charge is 0.495 e. The summed E-state index contributed by atoms with van der Waals surface area (Å²) in [6, 6.07) is 8.39. The monoisotopic (exact) mass is 300 g/mol. The van der Waals surface area contributed by atoms with E-state index in [1.807, 2.05) is 18.2 Å². The van der Waals surface area contributed by atoms with Crippen LogP contribution in [-0.4, -0.2) is 32.1 Å². The molecule has 1 aromatic rings. The van der Waals surface area contributed by atoms with Gasteiger partial charge in [-0.2, -0.15) is 0 Å². The molecule has 1 saturated heterocycles. The second-order valence-electron chi connectivity index (χ2n) is 6.90. The fourth-order valence-corrected chi connectivity index (χ4v) is 4.50. The number of methoxy groups -OCH3 is 1. The van der Waals surface area contributed by atoms with Gasteiger partial charge in [0, 0.05) is 25.0 Å². The number of nitrogens with one attached hydrogen (secondary N) is 1. The lowest BCUT2D eigenvalue weighted by molar-refractivity contribution is -0.123. The minimum atomic E-state index is 0.277. The van der Waals surface area contributed by atoms with E-state index in [0.29, 0.717) is 23.7 Å². The molecule has 0 aromatic heterocycles. The molecule has 4 rings (SSSR count). The number of anilines is 1. The van der Waals surface area contributed by atoms with Gasteiger partial charge in [-0.15, -0.1) is 0 Å². The maximum Gasteiger partial charge on any atom is 0.223 e. The summed E-state index contributed by atoms with van der Waals surface area (Å²) in [4.78, 5) is 14.7. The highest BCUT2D eigenvalue weighted by Crippen LogP contribution is 2.57. The summed E-state index contributed by atoms with van der Waals surface area (Å²) in [5, 5.41) is 3.29. The Morgan fingerprint density at radius 2 is 2.00 bits per heavy atom. The van der Waals surface area contributed by atoms with Crippen LogP contribution in [0.3, 0.4) is 0 Å². The van der Waals surface area contributed by atoms with Crippen LogP contribution in [0.25, 0.3) is 0 Å². The lowest BCUT2D eigenvalue weighted by Crippen LogP contribution is -2.38. The van der Waals surface area contributed by atoms with Crippen LogP contribution in [0.2, 0.25) is 0 Å². The highest BCUT2D eigenvalue weighted by molar-refractivity contribution is 5.82. The third-order valence-electron chi connectivity index (χ3n) is 5.67. The van der Waals surface area contributed by atoms with Gasteiger partial charge in [-0.25, -0.2) is 0 Å². The van der Waals surface area contributed by atoms with Gasteiger partial charge in [0.2, 0.25) is 5.91 Å². The smallest absolute Gasteiger partial charge is 0.223 e. The molecule has 22 heavy (non-hydrogen) atoms. The molecule has 3 atom stereocenters. The first kappa shape index (κ1) is 13.9. The van der Waals surface area contributed by atoms with Crippen molar-refractivity contribution >= 4 is 11.6 Å². The number of rotatable bonds is 4. The van der Waals surface area contributed by atoms with Gasteiger partial charge in [0.15, 0.2) is 0 Å². The van der Waals surface area contributed by atoms with Gasteiger partial charge in [0.25, 0.3) is 0 Å². The molecule has 1 aromatic carbocycles. The molecule has 2 aliphatic carbocycles. The van der Waals surface area contributed by atoms with Crippen molar-refractivity contribution in [1.82, 2.24) is 5.32 Å². The number of para-hydroxylation sites is 2. The molecule has 4 heteroatoms. The van der Waals surface area contributed by atoms with Gasteiger partial charge in [-0.05, 0) is 43.2 Å². The molecular formula is C18H24N2O2. The molecule has 1 N–H and O–H groups in total. The molecule has 3 aliphatic rings. The fourth-order valence-electron chi connectivity index (χ4n) is 4.50. The molecule has 3 unspecified atom stereocenters. The summed E-state index contributed by atoms with van der Waals surface area (Å²) in [6.07, 6.45) is 4.87. The van der Waals surface area contributed by atoms with Crippen molar-refractivity contribution in [2.45, 2.75) is 31.7 Å². The zero-order valence-corrected chi connectivity index (χ0v) is 13.1. The Labute approximate surface area is 131 Å².